The smallest absolute Gasteiger partial charge is 0.273 e. The Balaban J connectivity index is 0.00000208. The topological polar surface area (TPSA) is 61.0 Å². The van der Waals surface area contributed by atoms with Gasteiger partial charge in [-0.05, 0) is 35.3 Å². The number of nitrogens with one attached hydrogen (secondary N) is 2. The Morgan fingerprint density at radius 1 is 1.38 bits per heavy atom. The van der Waals surface area contributed by atoms with Gasteiger partial charge in [0, 0.05) is 24.7 Å². The van der Waals surface area contributed by atoms with Gasteiger partial charge in [-0.25, -0.2) is 0 Å². The molecular formula is C17H22BrClN4O. The monoisotopic (exact) mass is 412 g/mol. The highest BCUT2D eigenvalue weighted by molar-refractivity contribution is 9.10. The maximum atomic E-state index is 13.0. The molecule has 1 saturated heterocycles. The summed E-state index contributed by atoms with van der Waals surface area (Å²) in [6, 6.07) is 10.1. The van der Waals surface area contributed by atoms with Crippen LogP contribution in [0.15, 0.2) is 34.8 Å². The molecule has 1 fully saturated rings. The van der Waals surface area contributed by atoms with Crippen LogP contribution in [0.25, 0.3) is 11.3 Å². The second-order valence-electron chi connectivity index (χ2n) is 5.77. The molecular weight excluding hydrogens is 392 g/mol. The first-order valence-corrected chi connectivity index (χ1v) is 8.82. The van der Waals surface area contributed by atoms with Crippen molar-refractivity contribution in [1.29, 1.82) is 0 Å². The van der Waals surface area contributed by atoms with Gasteiger partial charge in [-0.2, -0.15) is 5.10 Å². The van der Waals surface area contributed by atoms with Gasteiger partial charge in [-0.3, -0.25) is 9.89 Å². The molecule has 1 atom stereocenters. The van der Waals surface area contributed by atoms with Crippen molar-refractivity contribution in [1.82, 2.24) is 20.4 Å². The normalized spacial score (nSPS) is 16.7. The summed E-state index contributed by atoms with van der Waals surface area (Å²) in [5, 5.41) is 10.6. The molecule has 1 aliphatic heterocycles. The first-order valence-electron chi connectivity index (χ1n) is 8.03. The van der Waals surface area contributed by atoms with Gasteiger partial charge in [0.25, 0.3) is 5.91 Å². The number of amides is 1. The van der Waals surface area contributed by atoms with Crippen LogP contribution in [-0.2, 0) is 0 Å². The summed E-state index contributed by atoms with van der Waals surface area (Å²) in [6.07, 6.45) is 1.95. The first-order chi connectivity index (χ1) is 11.2. The Kier molecular flexibility index (Phi) is 6.83. The number of carbonyl (C=O) groups excluding carboxylic acids is 1. The highest BCUT2D eigenvalue weighted by atomic mass is 79.9. The van der Waals surface area contributed by atoms with E-state index in [1.54, 1.807) is 0 Å². The fourth-order valence-electron chi connectivity index (χ4n) is 3.00. The van der Waals surface area contributed by atoms with E-state index in [9.17, 15) is 4.79 Å². The average molecular weight is 414 g/mol. The van der Waals surface area contributed by atoms with Crippen LogP contribution >= 0.6 is 28.3 Å². The molecule has 1 aromatic heterocycles. The number of rotatable bonds is 5. The average Bonchev–Trinajstić information content (AvgIpc) is 3.22. The van der Waals surface area contributed by atoms with Crippen LogP contribution in [-0.4, -0.2) is 46.7 Å². The minimum atomic E-state index is 0. The van der Waals surface area contributed by atoms with Crippen LogP contribution < -0.4 is 5.32 Å². The second kappa shape index (κ2) is 8.65. The predicted molar refractivity (Wildman–Crippen MR) is 102 cm³/mol. The highest BCUT2D eigenvalue weighted by Gasteiger charge is 2.29. The lowest BCUT2D eigenvalue weighted by molar-refractivity contribution is 0.0685. The fraction of sp³-hybridized carbons (Fsp3) is 0.412. The van der Waals surface area contributed by atoms with E-state index in [4.69, 9.17) is 0 Å². The van der Waals surface area contributed by atoms with E-state index in [0.717, 1.165) is 48.2 Å². The van der Waals surface area contributed by atoms with Crippen molar-refractivity contribution < 1.29 is 4.79 Å². The van der Waals surface area contributed by atoms with Crippen LogP contribution in [0.4, 0.5) is 0 Å². The first kappa shape index (κ1) is 19.0. The van der Waals surface area contributed by atoms with Crippen LogP contribution in [0.5, 0.6) is 0 Å². The van der Waals surface area contributed by atoms with Gasteiger partial charge in [0.05, 0.1) is 4.47 Å². The van der Waals surface area contributed by atoms with Crippen molar-refractivity contribution in [3.8, 4) is 11.3 Å². The Hall–Kier alpha value is -1.37. The van der Waals surface area contributed by atoms with Crippen LogP contribution in [0.3, 0.4) is 0 Å². The van der Waals surface area contributed by atoms with Gasteiger partial charge >= 0.3 is 0 Å². The molecule has 0 spiro atoms. The van der Waals surface area contributed by atoms with E-state index >= 15 is 0 Å². The number of nitrogens with zero attached hydrogens (tertiary/aromatic N) is 2. The Bertz CT molecular complexity index is 670. The maximum Gasteiger partial charge on any atom is 0.273 e. The van der Waals surface area contributed by atoms with Gasteiger partial charge < -0.3 is 10.2 Å². The third-order valence-corrected chi connectivity index (χ3v) is 4.94. The molecule has 0 bridgehead atoms. The molecule has 0 saturated carbocycles. The number of hydrogen-bond acceptors (Lipinski definition) is 3. The van der Waals surface area contributed by atoms with Crippen LogP contribution in [0.1, 0.15) is 30.3 Å². The second-order valence-corrected chi connectivity index (χ2v) is 6.57. The summed E-state index contributed by atoms with van der Waals surface area (Å²) < 4.78 is 0.737. The standard InChI is InChI=1S/C17H21BrN4O.ClH/c1-2-10-22(13-8-9-19-11-13)17(23)16-14(18)15(20-21-16)12-6-4-3-5-7-12;/h3-7,13,19H,2,8-11H2,1H3,(H,20,21);1H. The molecule has 24 heavy (non-hydrogen) atoms. The summed E-state index contributed by atoms with van der Waals surface area (Å²) in [5.41, 5.74) is 2.29. The molecule has 1 unspecified atom stereocenters. The van der Waals surface area contributed by atoms with Gasteiger partial charge in [0.1, 0.15) is 11.4 Å². The molecule has 1 amide bonds. The number of H-pyrrole nitrogens is 1. The molecule has 2 N–H and O–H groups in total. The largest absolute Gasteiger partial charge is 0.333 e. The molecule has 2 heterocycles. The van der Waals surface area contributed by atoms with Crippen molar-refractivity contribution in [3.63, 3.8) is 0 Å². The predicted octanol–water partition coefficient (Wildman–Crippen LogP) is 3.48. The summed E-state index contributed by atoms with van der Waals surface area (Å²) >= 11 is 3.56. The number of aromatic amines is 1. The molecule has 2 aromatic rings. The van der Waals surface area contributed by atoms with Gasteiger partial charge in [-0.1, -0.05) is 37.3 Å². The van der Waals surface area contributed by atoms with E-state index in [-0.39, 0.29) is 24.4 Å². The van der Waals surface area contributed by atoms with E-state index in [0.29, 0.717) is 5.69 Å². The summed E-state index contributed by atoms with van der Waals surface area (Å²) in [4.78, 5) is 14.9. The van der Waals surface area contributed by atoms with E-state index in [2.05, 4.69) is 38.4 Å². The van der Waals surface area contributed by atoms with Crippen molar-refractivity contribution in [2.24, 2.45) is 0 Å². The SMILES string of the molecule is CCCN(C(=O)c1[nH]nc(-c2ccccc2)c1Br)C1CCNC1.Cl. The Morgan fingerprint density at radius 3 is 2.75 bits per heavy atom. The maximum absolute atomic E-state index is 13.0. The van der Waals surface area contributed by atoms with E-state index in [1.165, 1.54) is 0 Å². The molecule has 3 rings (SSSR count). The Labute approximate surface area is 156 Å². The molecule has 130 valence electrons. The van der Waals surface area contributed by atoms with Gasteiger partial charge in [0.15, 0.2) is 0 Å². The van der Waals surface area contributed by atoms with Crippen molar-refractivity contribution in [2.75, 3.05) is 19.6 Å². The minimum absolute atomic E-state index is 0. The van der Waals surface area contributed by atoms with E-state index in [1.807, 2.05) is 35.2 Å². The lowest BCUT2D eigenvalue weighted by atomic mass is 10.1. The number of hydrogen-bond donors (Lipinski definition) is 2. The Morgan fingerprint density at radius 2 is 2.12 bits per heavy atom. The number of carbonyl (C=O) groups is 1. The zero-order valence-electron chi connectivity index (χ0n) is 13.6. The number of halogens is 2. The van der Waals surface area contributed by atoms with Crippen molar-refractivity contribution >= 4 is 34.2 Å². The molecule has 1 aromatic carbocycles. The molecule has 0 aliphatic carbocycles. The van der Waals surface area contributed by atoms with Crippen LogP contribution in [0, 0.1) is 0 Å². The third kappa shape index (κ3) is 3.82. The third-order valence-electron chi connectivity index (χ3n) is 4.17. The fourth-order valence-corrected chi connectivity index (χ4v) is 3.57. The summed E-state index contributed by atoms with van der Waals surface area (Å²) in [5.74, 6) is 0.0158. The zero-order valence-corrected chi connectivity index (χ0v) is 16.0. The van der Waals surface area contributed by atoms with Gasteiger partial charge in [0.2, 0.25) is 0 Å². The minimum Gasteiger partial charge on any atom is -0.333 e. The highest BCUT2D eigenvalue weighted by Crippen LogP contribution is 2.30. The molecule has 0 radical (unpaired) electrons. The molecule has 7 heteroatoms. The quantitative estimate of drug-likeness (QED) is 0.789. The van der Waals surface area contributed by atoms with E-state index < -0.39 is 0 Å². The molecule has 1 aliphatic rings. The van der Waals surface area contributed by atoms with Crippen molar-refractivity contribution in [3.05, 3.63) is 40.5 Å². The van der Waals surface area contributed by atoms with Gasteiger partial charge in [-0.15, -0.1) is 12.4 Å². The lowest BCUT2D eigenvalue weighted by Crippen LogP contribution is -2.42. The van der Waals surface area contributed by atoms with Crippen LogP contribution in [0.2, 0.25) is 0 Å². The summed E-state index contributed by atoms with van der Waals surface area (Å²) in [7, 11) is 0. The lowest BCUT2D eigenvalue weighted by Gasteiger charge is -2.27. The summed E-state index contributed by atoms with van der Waals surface area (Å²) in [6.45, 7) is 4.69. The number of benzene rings is 1. The number of aromatic nitrogens is 2. The van der Waals surface area contributed by atoms with Crippen molar-refractivity contribution in [2.45, 2.75) is 25.8 Å². The zero-order chi connectivity index (χ0) is 16.2. The molecule has 5 nitrogen and oxygen atoms in total.